The summed E-state index contributed by atoms with van der Waals surface area (Å²) in [6.07, 6.45) is 2.18. The predicted octanol–water partition coefficient (Wildman–Crippen LogP) is 0.965. The minimum Gasteiger partial charge on any atom is -0.397 e. The molecule has 0 unspecified atom stereocenters. The highest BCUT2D eigenvalue weighted by Gasteiger charge is 2.16. The van der Waals surface area contributed by atoms with Gasteiger partial charge >= 0.3 is 9.28 Å². The molecule has 1 aliphatic heterocycles. The van der Waals surface area contributed by atoms with Crippen molar-refractivity contribution in [1.29, 1.82) is 0 Å². The summed E-state index contributed by atoms with van der Waals surface area (Å²) in [5.74, 6) is 0. The second-order valence-electron chi connectivity index (χ2n) is 4.55. The largest absolute Gasteiger partial charge is 0.397 e. The molecule has 1 aliphatic rings. The number of nitrogens with one attached hydrogen (secondary N) is 1. The van der Waals surface area contributed by atoms with Gasteiger partial charge in [0.2, 0.25) is 0 Å². The van der Waals surface area contributed by atoms with E-state index in [1.165, 1.54) is 13.1 Å². The standard InChI is InChI=1S/C12H28N2O2Si/c1-3-10-15-17(16-11-4-2)12-9-14-7-5-13-6-8-14/h13,17H,3-12H2,1-2H3. The Labute approximate surface area is 108 Å². The number of rotatable bonds is 9. The lowest BCUT2D eigenvalue weighted by Gasteiger charge is -2.28. The van der Waals surface area contributed by atoms with Crippen molar-refractivity contribution < 1.29 is 8.85 Å². The highest BCUT2D eigenvalue weighted by atomic mass is 28.3. The molecule has 0 aromatic heterocycles. The van der Waals surface area contributed by atoms with Gasteiger partial charge in [-0.1, -0.05) is 13.8 Å². The minimum absolute atomic E-state index is 0.863. The third kappa shape index (κ3) is 7.16. The van der Waals surface area contributed by atoms with E-state index in [2.05, 4.69) is 24.1 Å². The molecule has 0 atom stereocenters. The van der Waals surface area contributed by atoms with Gasteiger partial charge in [0.25, 0.3) is 0 Å². The number of nitrogens with zero attached hydrogens (tertiary/aromatic N) is 1. The van der Waals surface area contributed by atoms with E-state index in [4.69, 9.17) is 8.85 Å². The summed E-state index contributed by atoms with van der Waals surface area (Å²) in [6.45, 7) is 11.8. The molecule has 0 aliphatic carbocycles. The molecule has 0 aromatic rings. The Morgan fingerprint density at radius 1 is 1.06 bits per heavy atom. The first kappa shape index (κ1) is 15.1. The third-order valence-corrected chi connectivity index (χ3v) is 4.85. The van der Waals surface area contributed by atoms with Crippen molar-refractivity contribution in [3.63, 3.8) is 0 Å². The van der Waals surface area contributed by atoms with Gasteiger partial charge in [-0.2, -0.15) is 0 Å². The molecule has 0 spiro atoms. The van der Waals surface area contributed by atoms with Crippen molar-refractivity contribution in [3.8, 4) is 0 Å². The predicted molar refractivity (Wildman–Crippen MR) is 73.8 cm³/mol. The summed E-state index contributed by atoms with van der Waals surface area (Å²) in [5, 5.41) is 3.38. The van der Waals surface area contributed by atoms with Gasteiger partial charge in [0.15, 0.2) is 0 Å². The van der Waals surface area contributed by atoms with Crippen LogP contribution in [0.2, 0.25) is 6.04 Å². The monoisotopic (exact) mass is 260 g/mol. The Bertz CT molecular complexity index is 170. The zero-order chi connectivity index (χ0) is 12.3. The SMILES string of the molecule is CCCO[SiH](CCN1CCNCC1)OCCC. The molecule has 1 fully saturated rings. The van der Waals surface area contributed by atoms with Crippen LogP contribution in [0, 0.1) is 0 Å². The van der Waals surface area contributed by atoms with Gasteiger partial charge in [-0.15, -0.1) is 0 Å². The van der Waals surface area contributed by atoms with Crippen LogP contribution in [0.15, 0.2) is 0 Å². The van der Waals surface area contributed by atoms with Crippen LogP contribution in [0.4, 0.5) is 0 Å². The quantitative estimate of drug-likeness (QED) is 0.626. The molecule has 0 aromatic carbocycles. The van der Waals surface area contributed by atoms with Crippen LogP contribution >= 0.6 is 0 Å². The van der Waals surface area contributed by atoms with Crippen molar-refractivity contribution in [3.05, 3.63) is 0 Å². The Morgan fingerprint density at radius 3 is 2.18 bits per heavy atom. The molecular formula is C12H28N2O2Si. The molecule has 1 rings (SSSR count). The average molecular weight is 260 g/mol. The van der Waals surface area contributed by atoms with Gasteiger partial charge in [0.05, 0.1) is 0 Å². The van der Waals surface area contributed by atoms with Gasteiger partial charge in [-0.05, 0) is 19.4 Å². The summed E-state index contributed by atoms with van der Waals surface area (Å²) in [4.78, 5) is 2.51. The molecule has 0 radical (unpaired) electrons. The fraction of sp³-hybridized carbons (Fsp3) is 1.00. The minimum atomic E-state index is -1.40. The maximum absolute atomic E-state index is 5.86. The molecule has 0 amide bonds. The van der Waals surface area contributed by atoms with E-state index in [9.17, 15) is 0 Å². The zero-order valence-electron chi connectivity index (χ0n) is 11.4. The maximum atomic E-state index is 5.86. The summed E-state index contributed by atoms with van der Waals surface area (Å²) >= 11 is 0. The Hall–Kier alpha value is 0.0569. The van der Waals surface area contributed by atoms with Gasteiger partial charge in [0, 0.05) is 45.4 Å². The molecule has 0 bridgehead atoms. The van der Waals surface area contributed by atoms with E-state index in [1.807, 2.05) is 0 Å². The van der Waals surface area contributed by atoms with E-state index in [0.29, 0.717) is 0 Å². The normalized spacial score (nSPS) is 17.8. The second kappa shape index (κ2) is 10.0. The van der Waals surface area contributed by atoms with E-state index < -0.39 is 9.28 Å². The summed E-state index contributed by atoms with van der Waals surface area (Å²) in [7, 11) is -1.40. The Kier molecular flexibility index (Phi) is 8.91. The smallest absolute Gasteiger partial charge is 0.322 e. The first-order valence-corrected chi connectivity index (χ1v) is 8.79. The van der Waals surface area contributed by atoms with Crippen molar-refractivity contribution in [2.45, 2.75) is 32.7 Å². The van der Waals surface area contributed by atoms with Crippen LogP contribution < -0.4 is 5.32 Å². The molecular weight excluding hydrogens is 232 g/mol. The highest BCUT2D eigenvalue weighted by Crippen LogP contribution is 2.03. The summed E-state index contributed by atoms with van der Waals surface area (Å²) in [5.41, 5.74) is 0. The Balaban J connectivity index is 2.16. The van der Waals surface area contributed by atoms with Crippen LogP contribution in [-0.4, -0.2) is 60.1 Å². The highest BCUT2D eigenvalue weighted by molar-refractivity contribution is 6.44. The lowest BCUT2D eigenvalue weighted by atomic mass is 10.4. The second-order valence-corrected chi connectivity index (χ2v) is 6.65. The lowest BCUT2D eigenvalue weighted by molar-refractivity contribution is 0.186. The molecule has 1 saturated heterocycles. The Morgan fingerprint density at radius 2 is 1.65 bits per heavy atom. The first-order valence-electron chi connectivity index (χ1n) is 7.03. The van der Waals surface area contributed by atoms with Gasteiger partial charge in [-0.3, -0.25) is 0 Å². The van der Waals surface area contributed by atoms with Crippen LogP contribution in [0.3, 0.4) is 0 Å². The average Bonchev–Trinajstić information content (AvgIpc) is 2.39. The van der Waals surface area contributed by atoms with Gasteiger partial charge in [-0.25, -0.2) is 0 Å². The van der Waals surface area contributed by atoms with Crippen molar-refractivity contribution in [2.24, 2.45) is 0 Å². The molecule has 5 heteroatoms. The molecule has 102 valence electrons. The molecule has 1 heterocycles. The number of piperazine rings is 1. The topological polar surface area (TPSA) is 33.7 Å². The van der Waals surface area contributed by atoms with Crippen LogP contribution in [0.1, 0.15) is 26.7 Å². The van der Waals surface area contributed by atoms with Crippen molar-refractivity contribution in [2.75, 3.05) is 45.9 Å². The molecule has 4 nitrogen and oxygen atoms in total. The lowest BCUT2D eigenvalue weighted by Crippen LogP contribution is -2.44. The third-order valence-electron chi connectivity index (χ3n) is 2.91. The van der Waals surface area contributed by atoms with E-state index in [1.54, 1.807) is 0 Å². The van der Waals surface area contributed by atoms with Crippen LogP contribution in [0.25, 0.3) is 0 Å². The fourth-order valence-corrected chi connectivity index (χ4v) is 3.94. The van der Waals surface area contributed by atoms with Gasteiger partial charge in [0.1, 0.15) is 0 Å². The van der Waals surface area contributed by atoms with Gasteiger partial charge < -0.3 is 19.1 Å². The van der Waals surface area contributed by atoms with Crippen LogP contribution in [-0.2, 0) is 8.85 Å². The number of hydrogen-bond donors (Lipinski definition) is 1. The summed E-state index contributed by atoms with van der Waals surface area (Å²) in [6, 6.07) is 1.12. The number of hydrogen-bond acceptors (Lipinski definition) is 4. The molecule has 0 saturated carbocycles. The maximum Gasteiger partial charge on any atom is 0.322 e. The molecule has 1 N–H and O–H groups in total. The van der Waals surface area contributed by atoms with Crippen molar-refractivity contribution in [1.82, 2.24) is 10.2 Å². The summed E-state index contributed by atoms with van der Waals surface area (Å²) < 4.78 is 11.7. The first-order chi connectivity index (χ1) is 8.36. The van der Waals surface area contributed by atoms with E-state index >= 15 is 0 Å². The molecule has 17 heavy (non-hydrogen) atoms. The van der Waals surface area contributed by atoms with Crippen LogP contribution in [0.5, 0.6) is 0 Å². The zero-order valence-corrected chi connectivity index (χ0v) is 12.6. The van der Waals surface area contributed by atoms with E-state index in [0.717, 1.165) is 51.7 Å². The van der Waals surface area contributed by atoms with Crippen molar-refractivity contribution >= 4 is 9.28 Å². The van der Waals surface area contributed by atoms with E-state index in [-0.39, 0.29) is 0 Å². The fourth-order valence-electron chi connectivity index (χ4n) is 1.94.